The maximum Gasteiger partial charge on any atom is 0.333 e. The molecule has 1 aromatic carbocycles. The monoisotopic (exact) mass is 220 g/mol. The van der Waals surface area contributed by atoms with Crippen LogP contribution < -0.4 is 0 Å². The average Bonchev–Trinajstić information content (AvgIpc) is 2.34. The van der Waals surface area contributed by atoms with E-state index in [4.69, 9.17) is 9.47 Å². The first kappa shape index (κ1) is 12.5. The van der Waals surface area contributed by atoms with E-state index >= 15 is 0 Å². The van der Waals surface area contributed by atoms with Crippen LogP contribution >= 0.6 is 0 Å². The van der Waals surface area contributed by atoms with Gasteiger partial charge in [-0.1, -0.05) is 30.3 Å². The predicted molar refractivity (Wildman–Crippen MR) is 62.9 cm³/mol. The van der Waals surface area contributed by atoms with Crippen molar-refractivity contribution in [2.75, 3.05) is 20.8 Å². The minimum Gasteiger partial charge on any atom is -0.466 e. The second-order valence-electron chi connectivity index (χ2n) is 3.31. The molecule has 3 heteroatoms. The Morgan fingerprint density at radius 2 is 1.94 bits per heavy atom. The number of carbonyl (C=O) groups is 1. The molecular weight excluding hydrogens is 204 g/mol. The minimum atomic E-state index is -0.305. The fraction of sp³-hybridized carbons (Fsp3) is 0.308. The highest BCUT2D eigenvalue weighted by molar-refractivity contribution is 5.93. The van der Waals surface area contributed by atoms with Gasteiger partial charge in [-0.25, -0.2) is 4.79 Å². The molecule has 0 radical (unpaired) electrons. The summed E-state index contributed by atoms with van der Waals surface area (Å²) in [4.78, 5) is 11.5. The molecule has 0 amide bonds. The fourth-order valence-corrected chi connectivity index (χ4v) is 1.33. The molecule has 0 bridgehead atoms. The fourth-order valence-electron chi connectivity index (χ4n) is 1.33. The molecule has 0 aliphatic rings. The lowest BCUT2D eigenvalue weighted by Crippen LogP contribution is -2.07. The van der Waals surface area contributed by atoms with Crippen LogP contribution in [0.3, 0.4) is 0 Å². The van der Waals surface area contributed by atoms with Gasteiger partial charge in [0.25, 0.3) is 0 Å². The Bertz CT molecular complexity index is 355. The molecule has 86 valence electrons. The van der Waals surface area contributed by atoms with Crippen molar-refractivity contribution in [3.05, 3.63) is 41.5 Å². The van der Waals surface area contributed by atoms with Gasteiger partial charge in [-0.05, 0) is 11.6 Å². The van der Waals surface area contributed by atoms with Crippen molar-refractivity contribution in [3.63, 3.8) is 0 Å². The van der Waals surface area contributed by atoms with E-state index in [0.29, 0.717) is 18.6 Å². The predicted octanol–water partition coefficient (Wildman–Crippen LogP) is 2.28. The summed E-state index contributed by atoms with van der Waals surface area (Å²) >= 11 is 0. The molecule has 0 unspecified atom stereocenters. The molecule has 0 fully saturated rings. The third-order valence-corrected chi connectivity index (χ3v) is 2.16. The van der Waals surface area contributed by atoms with Gasteiger partial charge in [0.15, 0.2) is 0 Å². The quantitative estimate of drug-likeness (QED) is 0.564. The van der Waals surface area contributed by atoms with Crippen molar-refractivity contribution in [3.8, 4) is 0 Å². The summed E-state index contributed by atoms with van der Waals surface area (Å²) in [5.41, 5.74) is 1.61. The SMILES string of the molecule is COCCC(=Cc1ccccc1)C(=O)OC. The average molecular weight is 220 g/mol. The van der Waals surface area contributed by atoms with Crippen LogP contribution in [0.25, 0.3) is 6.08 Å². The van der Waals surface area contributed by atoms with Crippen molar-refractivity contribution >= 4 is 12.0 Å². The lowest BCUT2D eigenvalue weighted by atomic mass is 10.1. The molecule has 0 atom stereocenters. The van der Waals surface area contributed by atoms with Gasteiger partial charge in [0.2, 0.25) is 0 Å². The number of hydrogen-bond donors (Lipinski definition) is 0. The first-order valence-corrected chi connectivity index (χ1v) is 5.11. The molecular formula is C13H16O3. The Morgan fingerprint density at radius 1 is 1.25 bits per heavy atom. The largest absolute Gasteiger partial charge is 0.466 e. The number of rotatable bonds is 5. The standard InChI is InChI=1S/C13H16O3/c1-15-9-8-12(13(14)16-2)10-11-6-4-3-5-7-11/h3-7,10H,8-9H2,1-2H3. The maximum absolute atomic E-state index is 11.5. The molecule has 0 heterocycles. The van der Waals surface area contributed by atoms with Crippen molar-refractivity contribution in [2.45, 2.75) is 6.42 Å². The topological polar surface area (TPSA) is 35.5 Å². The van der Waals surface area contributed by atoms with E-state index in [1.807, 2.05) is 36.4 Å². The normalized spacial score (nSPS) is 11.2. The van der Waals surface area contributed by atoms with Crippen molar-refractivity contribution < 1.29 is 14.3 Å². The van der Waals surface area contributed by atoms with Crippen LogP contribution in [0.4, 0.5) is 0 Å². The zero-order valence-electron chi connectivity index (χ0n) is 9.60. The highest BCUT2D eigenvalue weighted by Crippen LogP contribution is 2.11. The van der Waals surface area contributed by atoms with Gasteiger partial charge in [0.05, 0.1) is 13.7 Å². The Balaban J connectivity index is 2.83. The smallest absolute Gasteiger partial charge is 0.333 e. The van der Waals surface area contributed by atoms with Gasteiger partial charge in [0.1, 0.15) is 0 Å². The Morgan fingerprint density at radius 3 is 2.50 bits per heavy atom. The van der Waals surface area contributed by atoms with E-state index in [1.54, 1.807) is 7.11 Å². The number of methoxy groups -OCH3 is 2. The summed E-state index contributed by atoms with van der Waals surface area (Å²) in [7, 11) is 2.99. The van der Waals surface area contributed by atoms with Gasteiger partial charge in [-0.15, -0.1) is 0 Å². The highest BCUT2D eigenvalue weighted by Gasteiger charge is 2.08. The van der Waals surface area contributed by atoms with E-state index in [0.717, 1.165) is 5.56 Å². The van der Waals surface area contributed by atoms with Gasteiger partial charge in [0, 0.05) is 19.1 Å². The maximum atomic E-state index is 11.5. The zero-order valence-corrected chi connectivity index (χ0v) is 9.60. The second kappa shape index (κ2) is 6.80. The summed E-state index contributed by atoms with van der Waals surface area (Å²) in [6.45, 7) is 0.508. The number of benzene rings is 1. The molecule has 0 saturated carbocycles. The molecule has 0 spiro atoms. The van der Waals surface area contributed by atoms with E-state index in [-0.39, 0.29) is 5.97 Å². The molecule has 1 rings (SSSR count). The van der Waals surface area contributed by atoms with Crippen LogP contribution in [0, 0.1) is 0 Å². The third kappa shape index (κ3) is 3.87. The summed E-state index contributed by atoms with van der Waals surface area (Å²) in [6.07, 6.45) is 2.38. The number of hydrogen-bond acceptors (Lipinski definition) is 3. The molecule has 0 aliphatic heterocycles. The lowest BCUT2D eigenvalue weighted by Gasteiger charge is -2.04. The molecule has 0 N–H and O–H groups in total. The van der Waals surface area contributed by atoms with Gasteiger partial charge in [-0.3, -0.25) is 0 Å². The van der Waals surface area contributed by atoms with Gasteiger partial charge < -0.3 is 9.47 Å². The minimum absolute atomic E-state index is 0.305. The van der Waals surface area contributed by atoms with E-state index in [9.17, 15) is 4.79 Å². The Hall–Kier alpha value is -1.61. The molecule has 0 saturated heterocycles. The molecule has 0 aromatic heterocycles. The Kier molecular flexibility index (Phi) is 5.29. The van der Waals surface area contributed by atoms with Crippen molar-refractivity contribution in [1.29, 1.82) is 0 Å². The molecule has 0 aliphatic carbocycles. The van der Waals surface area contributed by atoms with Crippen LogP contribution in [0.2, 0.25) is 0 Å². The summed E-state index contributed by atoms with van der Waals surface area (Å²) in [5, 5.41) is 0. The summed E-state index contributed by atoms with van der Waals surface area (Å²) < 4.78 is 9.67. The van der Waals surface area contributed by atoms with Crippen LogP contribution in [0.1, 0.15) is 12.0 Å². The molecule has 1 aromatic rings. The lowest BCUT2D eigenvalue weighted by molar-refractivity contribution is -0.136. The molecule has 16 heavy (non-hydrogen) atoms. The first-order chi connectivity index (χ1) is 7.77. The van der Waals surface area contributed by atoms with Crippen LogP contribution in [-0.2, 0) is 14.3 Å². The highest BCUT2D eigenvalue weighted by atomic mass is 16.5. The van der Waals surface area contributed by atoms with Crippen LogP contribution in [-0.4, -0.2) is 26.8 Å². The van der Waals surface area contributed by atoms with E-state index < -0.39 is 0 Å². The number of ether oxygens (including phenoxy) is 2. The van der Waals surface area contributed by atoms with Crippen LogP contribution in [0.5, 0.6) is 0 Å². The van der Waals surface area contributed by atoms with Gasteiger partial charge in [-0.2, -0.15) is 0 Å². The summed E-state index contributed by atoms with van der Waals surface area (Å²) in [6, 6.07) is 9.67. The Labute approximate surface area is 95.7 Å². The van der Waals surface area contributed by atoms with E-state index in [2.05, 4.69) is 0 Å². The van der Waals surface area contributed by atoms with Crippen LogP contribution in [0.15, 0.2) is 35.9 Å². The van der Waals surface area contributed by atoms with E-state index in [1.165, 1.54) is 7.11 Å². The third-order valence-electron chi connectivity index (χ3n) is 2.16. The number of carbonyl (C=O) groups excluding carboxylic acids is 1. The second-order valence-corrected chi connectivity index (χ2v) is 3.31. The molecule has 3 nitrogen and oxygen atoms in total. The van der Waals surface area contributed by atoms with Gasteiger partial charge >= 0.3 is 5.97 Å². The van der Waals surface area contributed by atoms with Crippen molar-refractivity contribution in [1.82, 2.24) is 0 Å². The van der Waals surface area contributed by atoms with Crippen molar-refractivity contribution in [2.24, 2.45) is 0 Å². The first-order valence-electron chi connectivity index (χ1n) is 5.11. The number of esters is 1. The summed E-state index contributed by atoms with van der Waals surface area (Å²) in [5.74, 6) is -0.305. The zero-order chi connectivity index (χ0) is 11.8.